The van der Waals surface area contributed by atoms with Gasteiger partial charge < -0.3 is 10.4 Å². The summed E-state index contributed by atoms with van der Waals surface area (Å²) in [5, 5.41) is 12.5. The molecule has 0 aromatic heterocycles. The second-order valence-corrected chi connectivity index (χ2v) is 3.43. The third-order valence-electron chi connectivity index (χ3n) is 2.56. The minimum absolute atomic E-state index is 0.353. The molecule has 1 saturated heterocycles. The molecule has 2 atom stereocenters. The Balaban J connectivity index is 2.27. The highest BCUT2D eigenvalue weighted by molar-refractivity contribution is 4.80. The molecule has 2 N–H and O–H groups in total. The lowest BCUT2D eigenvalue weighted by atomic mass is 9.95. The van der Waals surface area contributed by atoms with Crippen LogP contribution in [0.5, 0.6) is 0 Å². The molecule has 0 saturated carbocycles. The highest BCUT2D eigenvalue weighted by atomic mass is 16.3. The normalized spacial score (nSPS) is 27.3. The molecule has 2 nitrogen and oxygen atoms in total. The maximum absolute atomic E-state index is 9.08. The first-order valence-electron chi connectivity index (χ1n) is 4.72. The Labute approximate surface area is 69.0 Å². The van der Waals surface area contributed by atoms with Gasteiger partial charge in [0.1, 0.15) is 0 Å². The molecule has 0 aromatic rings. The van der Waals surface area contributed by atoms with E-state index in [1.165, 1.54) is 19.3 Å². The van der Waals surface area contributed by atoms with Crippen LogP contribution in [0.25, 0.3) is 0 Å². The monoisotopic (exact) mass is 157 g/mol. The number of hydrogen-bond acceptors (Lipinski definition) is 2. The largest absolute Gasteiger partial charge is 0.396 e. The number of aliphatic hydroxyl groups excluding tert-OH is 1. The van der Waals surface area contributed by atoms with Gasteiger partial charge in [-0.1, -0.05) is 13.3 Å². The summed E-state index contributed by atoms with van der Waals surface area (Å²) in [6, 6.07) is 0.597. The Morgan fingerprint density at radius 3 is 2.91 bits per heavy atom. The summed E-state index contributed by atoms with van der Waals surface area (Å²) in [4.78, 5) is 0. The maximum Gasteiger partial charge on any atom is 0.0474 e. The van der Waals surface area contributed by atoms with Crippen molar-refractivity contribution in [1.29, 1.82) is 0 Å². The van der Waals surface area contributed by atoms with Crippen LogP contribution in [0.4, 0.5) is 0 Å². The van der Waals surface area contributed by atoms with Gasteiger partial charge in [-0.2, -0.15) is 0 Å². The molecule has 66 valence electrons. The molecule has 1 fully saturated rings. The molecule has 0 spiro atoms. The van der Waals surface area contributed by atoms with Gasteiger partial charge in [-0.3, -0.25) is 0 Å². The van der Waals surface area contributed by atoms with Crippen LogP contribution >= 0.6 is 0 Å². The first-order chi connectivity index (χ1) is 5.38. The first kappa shape index (κ1) is 9.01. The van der Waals surface area contributed by atoms with Crippen molar-refractivity contribution in [3.05, 3.63) is 0 Å². The summed E-state index contributed by atoms with van der Waals surface area (Å²) in [7, 11) is 0. The highest BCUT2D eigenvalue weighted by Gasteiger charge is 2.22. The van der Waals surface area contributed by atoms with Crippen molar-refractivity contribution >= 4 is 0 Å². The van der Waals surface area contributed by atoms with Crippen molar-refractivity contribution < 1.29 is 5.11 Å². The van der Waals surface area contributed by atoms with E-state index in [0.29, 0.717) is 18.6 Å². The van der Waals surface area contributed by atoms with Crippen LogP contribution < -0.4 is 5.32 Å². The van der Waals surface area contributed by atoms with Crippen LogP contribution in [0.2, 0.25) is 0 Å². The Kier molecular flexibility index (Phi) is 3.87. The van der Waals surface area contributed by atoms with Crippen molar-refractivity contribution in [2.24, 2.45) is 5.92 Å². The van der Waals surface area contributed by atoms with E-state index in [0.717, 1.165) is 13.0 Å². The van der Waals surface area contributed by atoms with Gasteiger partial charge >= 0.3 is 0 Å². The van der Waals surface area contributed by atoms with E-state index >= 15 is 0 Å². The number of rotatable bonds is 4. The first-order valence-corrected chi connectivity index (χ1v) is 4.72. The predicted molar refractivity (Wildman–Crippen MR) is 46.5 cm³/mol. The fourth-order valence-electron chi connectivity index (χ4n) is 1.90. The second-order valence-electron chi connectivity index (χ2n) is 3.43. The van der Waals surface area contributed by atoms with Crippen LogP contribution in [-0.4, -0.2) is 24.3 Å². The van der Waals surface area contributed by atoms with E-state index in [9.17, 15) is 0 Å². The zero-order chi connectivity index (χ0) is 8.10. The Morgan fingerprint density at radius 1 is 1.64 bits per heavy atom. The van der Waals surface area contributed by atoms with Crippen molar-refractivity contribution in [2.75, 3.05) is 13.2 Å². The molecule has 11 heavy (non-hydrogen) atoms. The molecule has 0 bridgehead atoms. The lowest BCUT2D eigenvalue weighted by Gasteiger charge is -2.20. The Bertz CT molecular complexity index is 99.7. The van der Waals surface area contributed by atoms with E-state index < -0.39 is 0 Å². The molecule has 1 aliphatic rings. The summed E-state index contributed by atoms with van der Waals surface area (Å²) < 4.78 is 0. The predicted octanol–water partition coefficient (Wildman–Crippen LogP) is 1.15. The van der Waals surface area contributed by atoms with Gasteiger partial charge in [0, 0.05) is 12.6 Å². The lowest BCUT2D eigenvalue weighted by molar-refractivity contribution is 0.187. The SMILES string of the molecule is CCCC(CO)C1CCCN1. The summed E-state index contributed by atoms with van der Waals surface area (Å²) in [5.74, 6) is 0.502. The van der Waals surface area contributed by atoms with Crippen LogP contribution in [-0.2, 0) is 0 Å². The van der Waals surface area contributed by atoms with E-state index in [4.69, 9.17) is 5.11 Å². The quantitative estimate of drug-likeness (QED) is 0.641. The second kappa shape index (κ2) is 4.73. The number of aliphatic hydroxyl groups is 1. The van der Waals surface area contributed by atoms with Crippen LogP contribution in [0.15, 0.2) is 0 Å². The Morgan fingerprint density at radius 2 is 2.45 bits per heavy atom. The van der Waals surface area contributed by atoms with Crippen LogP contribution in [0, 0.1) is 5.92 Å². The lowest BCUT2D eigenvalue weighted by Crippen LogP contribution is -2.32. The molecule has 1 aliphatic heterocycles. The molecular weight excluding hydrogens is 138 g/mol. The van der Waals surface area contributed by atoms with Gasteiger partial charge in [-0.05, 0) is 31.7 Å². The van der Waals surface area contributed by atoms with Crippen molar-refractivity contribution in [3.8, 4) is 0 Å². The van der Waals surface area contributed by atoms with Gasteiger partial charge in [0.2, 0.25) is 0 Å². The zero-order valence-electron chi connectivity index (χ0n) is 7.34. The standard InChI is InChI=1S/C9H19NO/c1-2-4-8(7-11)9-5-3-6-10-9/h8-11H,2-7H2,1H3. The summed E-state index contributed by atoms with van der Waals surface area (Å²) in [5.41, 5.74) is 0. The number of nitrogens with one attached hydrogen (secondary N) is 1. The minimum Gasteiger partial charge on any atom is -0.396 e. The van der Waals surface area contributed by atoms with E-state index in [1.54, 1.807) is 0 Å². The van der Waals surface area contributed by atoms with Crippen LogP contribution in [0.1, 0.15) is 32.6 Å². The van der Waals surface area contributed by atoms with Gasteiger partial charge in [0.05, 0.1) is 0 Å². The third-order valence-corrected chi connectivity index (χ3v) is 2.56. The fraction of sp³-hybridized carbons (Fsp3) is 1.00. The fourth-order valence-corrected chi connectivity index (χ4v) is 1.90. The van der Waals surface area contributed by atoms with Gasteiger partial charge in [0.15, 0.2) is 0 Å². The average Bonchev–Trinajstić information content (AvgIpc) is 2.52. The summed E-state index contributed by atoms with van der Waals surface area (Å²) >= 11 is 0. The molecule has 0 radical (unpaired) electrons. The van der Waals surface area contributed by atoms with Crippen molar-refractivity contribution in [3.63, 3.8) is 0 Å². The van der Waals surface area contributed by atoms with Crippen LogP contribution in [0.3, 0.4) is 0 Å². The van der Waals surface area contributed by atoms with E-state index in [1.807, 2.05) is 0 Å². The molecular formula is C9H19NO. The summed E-state index contributed by atoms with van der Waals surface area (Å²) in [6.45, 7) is 3.67. The third kappa shape index (κ3) is 2.46. The highest BCUT2D eigenvalue weighted by Crippen LogP contribution is 2.18. The van der Waals surface area contributed by atoms with E-state index in [2.05, 4.69) is 12.2 Å². The number of hydrogen-bond donors (Lipinski definition) is 2. The zero-order valence-corrected chi connectivity index (χ0v) is 7.34. The molecule has 2 unspecified atom stereocenters. The van der Waals surface area contributed by atoms with Crippen molar-refractivity contribution in [1.82, 2.24) is 5.32 Å². The minimum atomic E-state index is 0.353. The van der Waals surface area contributed by atoms with Crippen molar-refractivity contribution in [2.45, 2.75) is 38.6 Å². The van der Waals surface area contributed by atoms with E-state index in [-0.39, 0.29) is 0 Å². The summed E-state index contributed by atoms with van der Waals surface area (Å²) in [6.07, 6.45) is 4.88. The molecule has 0 amide bonds. The molecule has 2 heteroatoms. The van der Waals surface area contributed by atoms with Gasteiger partial charge in [-0.15, -0.1) is 0 Å². The maximum atomic E-state index is 9.08. The van der Waals surface area contributed by atoms with Gasteiger partial charge in [0.25, 0.3) is 0 Å². The molecule has 1 rings (SSSR count). The Hall–Kier alpha value is -0.0800. The average molecular weight is 157 g/mol. The molecule has 0 aliphatic carbocycles. The molecule has 1 heterocycles. The van der Waals surface area contributed by atoms with Gasteiger partial charge in [-0.25, -0.2) is 0 Å². The molecule has 0 aromatic carbocycles. The topological polar surface area (TPSA) is 32.3 Å². The smallest absolute Gasteiger partial charge is 0.0474 e.